The van der Waals surface area contributed by atoms with Gasteiger partial charge < -0.3 is 30.1 Å². The molecule has 182 valence electrons. The number of ether oxygens (including phenoxy) is 1. The third-order valence-corrected chi connectivity index (χ3v) is 6.58. The number of rotatable bonds is 7. The zero-order valence-corrected chi connectivity index (χ0v) is 19.3. The summed E-state index contributed by atoms with van der Waals surface area (Å²) in [6.07, 6.45) is -5.28. The molecule has 34 heavy (non-hydrogen) atoms. The van der Waals surface area contributed by atoms with E-state index in [2.05, 4.69) is 15.4 Å². The van der Waals surface area contributed by atoms with Crippen molar-refractivity contribution in [2.45, 2.75) is 43.9 Å². The molecule has 0 bridgehead atoms. The maximum Gasteiger partial charge on any atom is 0.391 e. The number of pyridine rings is 1. The Morgan fingerprint density at radius 1 is 1.32 bits per heavy atom. The molecule has 1 unspecified atom stereocenters. The van der Waals surface area contributed by atoms with Crippen LogP contribution < -0.4 is 5.32 Å². The van der Waals surface area contributed by atoms with E-state index in [9.17, 15) is 24.0 Å². The number of halogens is 2. The lowest BCUT2D eigenvalue weighted by Crippen LogP contribution is -2.32. The maximum atomic E-state index is 14.2. The number of aliphatic hydroxyl groups excluding tert-OH is 2. The molecule has 14 heteroatoms. The number of carbonyl (C=O) groups excluding carboxylic acids is 1. The largest absolute Gasteiger partial charge is 0.391 e. The number of hydrogen-bond donors (Lipinski definition) is 5. The average Bonchev–Trinajstić information content (AvgIpc) is 3.29. The minimum Gasteiger partial charge on any atom is -0.388 e. The summed E-state index contributed by atoms with van der Waals surface area (Å²) in [6.45, 7) is 1.76. The molecule has 1 fully saturated rings. The fourth-order valence-corrected chi connectivity index (χ4v) is 4.43. The van der Waals surface area contributed by atoms with Gasteiger partial charge in [-0.3, -0.25) is 9.36 Å². The van der Waals surface area contributed by atoms with Crippen LogP contribution in [-0.4, -0.2) is 58.6 Å². The van der Waals surface area contributed by atoms with Gasteiger partial charge in [0, 0.05) is 12.0 Å². The van der Waals surface area contributed by atoms with Crippen molar-refractivity contribution in [1.29, 1.82) is 0 Å². The first-order chi connectivity index (χ1) is 16.0. The van der Waals surface area contributed by atoms with Gasteiger partial charge in [0.1, 0.15) is 23.2 Å². The monoisotopic (exact) mass is 514 g/mol. The number of anilines is 1. The Bertz CT molecular complexity index is 1290. The summed E-state index contributed by atoms with van der Waals surface area (Å²) in [4.78, 5) is 33.9. The molecule has 0 amide bonds. The highest BCUT2D eigenvalue weighted by atomic mass is 35.5. The molecule has 2 aromatic heterocycles. The molecule has 1 saturated heterocycles. The fourth-order valence-electron chi connectivity index (χ4n) is 3.82. The molecule has 1 aromatic carbocycles. The molecule has 0 saturated carbocycles. The first-order valence-electron chi connectivity index (χ1n) is 10.1. The van der Waals surface area contributed by atoms with Gasteiger partial charge in [-0.2, -0.15) is 5.10 Å². The number of aromatic nitrogens is 3. The highest BCUT2D eigenvalue weighted by molar-refractivity contribution is 7.70. The molecule has 0 spiro atoms. The third kappa shape index (κ3) is 4.71. The van der Waals surface area contributed by atoms with Crippen LogP contribution in [0.1, 0.15) is 31.2 Å². The molecule has 4 rings (SSSR count). The number of nitrogens with one attached hydrogen (secondary N) is 1. The Labute approximate surface area is 197 Å². The molecule has 3 heterocycles. The van der Waals surface area contributed by atoms with Crippen LogP contribution in [0.15, 0.2) is 36.5 Å². The van der Waals surface area contributed by atoms with E-state index in [0.29, 0.717) is 16.6 Å². The first-order valence-corrected chi connectivity index (χ1v) is 12.1. The Kier molecular flexibility index (Phi) is 6.76. The summed E-state index contributed by atoms with van der Waals surface area (Å²) in [7, 11) is -5.03. The highest BCUT2D eigenvalue weighted by Gasteiger charge is 2.47. The van der Waals surface area contributed by atoms with E-state index in [1.807, 2.05) is 0 Å². The Hall–Kier alpha value is -2.44. The number of aliphatic hydroxyl groups is 2. The van der Waals surface area contributed by atoms with E-state index in [1.165, 1.54) is 18.3 Å². The summed E-state index contributed by atoms with van der Waals surface area (Å²) in [5, 5.41) is 28.6. The van der Waals surface area contributed by atoms with Gasteiger partial charge in [0.2, 0.25) is 5.52 Å². The van der Waals surface area contributed by atoms with Crippen molar-refractivity contribution in [3.05, 3.63) is 53.1 Å². The second kappa shape index (κ2) is 9.31. The van der Waals surface area contributed by atoms with Crippen LogP contribution in [0.2, 0.25) is 5.15 Å². The number of fused-ring (bicyclic) bond motifs is 1. The normalized spacial score (nSPS) is 23.9. The quantitative estimate of drug-likeness (QED) is 0.233. The van der Waals surface area contributed by atoms with E-state index in [1.54, 1.807) is 25.1 Å². The van der Waals surface area contributed by atoms with Crippen molar-refractivity contribution >= 4 is 41.4 Å². The molecule has 11 nitrogen and oxygen atoms in total. The summed E-state index contributed by atoms with van der Waals surface area (Å²) >= 11 is 6.18. The third-order valence-electron chi connectivity index (χ3n) is 5.56. The van der Waals surface area contributed by atoms with Gasteiger partial charge in [-0.1, -0.05) is 29.8 Å². The lowest BCUT2D eigenvalue weighted by atomic mass is 10.1. The van der Waals surface area contributed by atoms with Crippen molar-refractivity contribution < 1.29 is 38.5 Å². The standard InChI is InChI=1S/C20H21ClFN4O7P/c1-9(10-4-2-3-5-12(10)22)24-13-6-15(21)25-19-11(13)8-23-26(19)20-18(29)17(28)14(33-20)7-16(27)34(30,31)32/h2-6,8-9,14,17-18,20,28-29H,7H2,1H3,(H,24,25)(H2,30,31,32)/t9-,14?,17+,18+,20+/m0/s1. The molecule has 1 aliphatic rings. The van der Waals surface area contributed by atoms with Crippen molar-refractivity contribution in [3.8, 4) is 0 Å². The molecule has 5 atom stereocenters. The van der Waals surface area contributed by atoms with Gasteiger partial charge in [0.25, 0.3) is 0 Å². The van der Waals surface area contributed by atoms with Crippen molar-refractivity contribution in [3.63, 3.8) is 0 Å². The number of carbonyl (C=O) groups is 1. The summed E-state index contributed by atoms with van der Waals surface area (Å²) in [5.41, 5.74) is -0.372. The molecular formula is C20H21ClFN4O7P. The molecule has 0 radical (unpaired) electrons. The van der Waals surface area contributed by atoms with E-state index < -0.39 is 50.1 Å². The van der Waals surface area contributed by atoms with Crippen LogP contribution in [-0.2, 0) is 14.1 Å². The SMILES string of the molecule is C[C@H](Nc1cc(Cl)nc2c1cnn2[C@@H]1OC(CC(=O)P(=O)(O)O)[C@@H](O)[C@H]1O)c1ccccc1F. The predicted molar refractivity (Wildman–Crippen MR) is 119 cm³/mol. The van der Waals surface area contributed by atoms with Crippen LogP contribution in [0.3, 0.4) is 0 Å². The summed E-state index contributed by atoms with van der Waals surface area (Å²) in [6, 6.07) is 7.35. The highest BCUT2D eigenvalue weighted by Crippen LogP contribution is 2.41. The molecular weight excluding hydrogens is 494 g/mol. The molecule has 3 aromatic rings. The van der Waals surface area contributed by atoms with Crippen LogP contribution in [0.25, 0.3) is 11.0 Å². The Morgan fingerprint density at radius 3 is 2.71 bits per heavy atom. The maximum absolute atomic E-state index is 14.2. The topological polar surface area (TPSA) is 167 Å². The van der Waals surface area contributed by atoms with Crippen molar-refractivity contribution in [1.82, 2.24) is 14.8 Å². The number of benzene rings is 1. The Balaban J connectivity index is 1.64. The molecule has 5 N–H and O–H groups in total. The van der Waals surface area contributed by atoms with Gasteiger partial charge in [0.15, 0.2) is 11.9 Å². The number of nitrogens with zero attached hydrogens (tertiary/aromatic N) is 3. The smallest absolute Gasteiger partial charge is 0.388 e. The first kappa shape index (κ1) is 24.7. The van der Waals surface area contributed by atoms with E-state index in [4.69, 9.17) is 26.1 Å². The minimum absolute atomic E-state index is 0.0544. The zero-order chi connectivity index (χ0) is 24.8. The Morgan fingerprint density at radius 2 is 2.03 bits per heavy atom. The van der Waals surface area contributed by atoms with Crippen molar-refractivity contribution in [2.75, 3.05) is 5.32 Å². The van der Waals surface area contributed by atoms with E-state index in [0.717, 1.165) is 4.68 Å². The van der Waals surface area contributed by atoms with Gasteiger partial charge in [0.05, 0.1) is 29.4 Å². The van der Waals surface area contributed by atoms with Crippen molar-refractivity contribution in [2.24, 2.45) is 0 Å². The van der Waals surface area contributed by atoms with Gasteiger partial charge in [-0.05, 0) is 19.1 Å². The van der Waals surface area contributed by atoms with Gasteiger partial charge in [-0.15, -0.1) is 0 Å². The van der Waals surface area contributed by atoms with Crippen LogP contribution in [0.5, 0.6) is 0 Å². The average molecular weight is 515 g/mol. The minimum atomic E-state index is -5.03. The summed E-state index contributed by atoms with van der Waals surface area (Å²) in [5.74, 6) is -0.387. The van der Waals surface area contributed by atoms with E-state index >= 15 is 0 Å². The fraction of sp³-hybridized carbons (Fsp3) is 0.350. The second-order valence-corrected chi connectivity index (χ2v) is 9.87. The van der Waals surface area contributed by atoms with E-state index in [-0.39, 0.29) is 16.6 Å². The van der Waals surface area contributed by atoms with Gasteiger partial charge >= 0.3 is 7.60 Å². The molecule has 0 aliphatic carbocycles. The lowest BCUT2D eigenvalue weighted by molar-refractivity contribution is -0.118. The second-order valence-electron chi connectivity index (χ2n) is 7.89. The van der Waals surface area contributed by atoms with Crippen LogP contribution in [0, 0.1) is 5.82 Å². The predicted octanol–water partition coefficient (Wildman–Crippen LogP) is 2.11. The van der Waals surface area contributed by atoms with Gasteiger partial charge in [-0.25, -0.2) is 14.1 Å². The zero-order valence-electron chi connectivity index (χ0n) is 17.6. The summed E-state index contributed by atoms with van der Waals surface area (Å²) < 4.78 is 32.0. The van der Waals surface area contributed by atoms with Crippen LogP contribution in [0.4, 0.5) is 10.1 Å². The molecule has 1 aliphatic heterocycles. The lowest BCUT2D eigenvalue weighted by Gasteiger charge is -2.18. The number of hydrogen-bond acceptors (Lipinski definition) is 8. The van der Waals surface area contributed by atoms with Crippen LogP contribution >= 0.6 is 19.2 Å².